The molecule has 2 N–H and O–H groups in total. The van der Waals surface area contributed by atoms with Crippen molar-refractivity contribution in [3.8, 4) is 5.75 Å². The number of aromatic hydroxyl groups is 1. The third-order valence-electron chi connectivity index (χ3n) is 3.61. The fourth-order valence-corrected chi connectivity index (χ4v) is 2.26. The first-order chi connectivity index (χ1) is 8.54. The van der Waals surface area contributed by atoms with Gasteiger partial charge in [-0.05, 0) is 43.9 Å². The highest BCUT2D eigenvalue weighted by molar-refractivity contribution is 5.92. The molecule has 0 bridgehead atoms. The van der Waals surface area contributed by atoms with Gasteiger partial charge in [0.05, 0.1) is 17.7 Å². The number of hydrogen-bond donors (Lipinski definition) is 2. The van der Waals surface area contributed by atoms with Crippen LogP contribution in [-0.2, 0) is 9.53 Å². The summed E-state index contributed by atoms with van der Waals surface area (Å²) in [7, 11) is 1.65. The number of rotatable bonds is 4. The summed E-state index contributed by atoms with van der Waals surface area (Å²) in [5, 5.41) is 12.4. The van der Waals surface area contributed by atoms with Crippen molar-refractivity contribution in [1.29, 1.82) is 0 Å². The first-order valence-electron chi connectivity index (χ1n) is 6.19. The van der Waals surface area contributed by atoms with E-state index in [2.05, 4.69) is 5.32 Å². The van der Waals surface area contributed by atoms with Crippen molar-refractivity contribution in [2.24, 2.45) is 0 Å². The Kier molecular flexibility index (Phi) is 3.57. The second kappa shape index (κ2) is 4.98. The molecule has 1 amide bonds. The van der Waals surface area contributed by atoms with Crippen LogP contribution in [0.3, 0.4) is 0 Å². The van der Waals surface area contributed by atoms with Gasteiger partial charge in [0.1, 0.15) is 5.75 Å². The molecule has 18 heavy (non-hydrogen) atoms. The Morgan fingerprint density at radius 3 is 2.72 bits per heavy atom. The van der Waals surface area contributed by atoms with Crippen molar-refractivity contribution < 1.29 is 14.6 Å². The van der Waals surface area contributed by atoms with Gasteiger partial charge in [0.25, 0.3) is 0 Å². The number of benzene rings is 1. The molecule has 2 rings (SSSR count). The van der Waals surface area contributed by atoms with Crippen molar-refractivity contribution in [2.75, 3.05) is 12.4 Å². The molecular formula is C14H19NO3. The zero-order valence-corrected chi connectivity index (χ0v) is 10.8. The van der Waals surface area contributed by atoms with E-state index < -0.39 is 0 Å². The van der Waals surface area contributed by atoms with Gasteiger partial charge in [0, 0.05) is 7.11 Å². The van der Waals surface area contributed by atoms with Gasteiger partial charge in [0.15, 0.2) is 0 Å². The molecule has 0 saturated heterocycles. The molecule has 1 saturated carbocycles. The lowest BCUT2D eigenvalue weighted by molar-refractivity contribution is -0.129. The van der Waals surface area contributed by atoms with Gasteiger partial charge in [-0.2, -0.15) is 0 Å². The van der Waals surface area contributed by atoms with E-state index in [9.17, 15) is 9.90 Å². The summed E-state index contributed by atoms with van der Waals surface area (Å²) in [4.78, 5) is 11.9. The quantitative estimate of drug-likeness (QED) is 0.806. The average Bonchev–Trinajstić information content (AvgIpc) is 2.27. The third-order valence-corrected chi connectivity index (χ3v) is 3.61. The highest BCUT2D eigenvalue weighted by Crippen LogP contribution is 2.38. The maximum Gasteiger partial charge on any atom is 0.227 e. The molecule has 1 fully saturated rings. The van der Waals surface area contributed by atoms with Crippen LogP contribution in [0.25, 0.3) is 0 Å². The fourth-order valence-electron chi connectivity index (χ4n) is 2.26. The number of nitrogens with one attached hydrogen (secondary N) is 1. The largest absolute Gasteiger partial charge is 0.506 e. The van der Waals surface area contributed by atoms with Gasteiger partial charge in [-0.15, -0.1) is 0 Å². The number of aryl methyl sites for hydroxylation is 1. The van der Waals surface area contributed by atoms with E-state index in [1.807, 2.05) is 13.0 Å². The SMILES string of the molecule is COC1(CC(=O)Nc2ccc(C)cc2O)CCC1. The van der Waals surface area contributed by atoms with E-state index in [-0.39, 0.29) is 17.3 Å². The van der Waals surface area contributed by atoms with E-state index >= 15 is 0 Å². The van der Waals surface area contributed by atoms with Crippen molar-refractivity contribution in [3.63, 3.8) is 0 Å². The zero-order chi connectivity index (χ0) is 13.2. The third kappa shape index (κ3) is 2.64. The number of carbonyl (C=O) groups excluding carboxylic acids is 1. The van der Waals surface area contributed by atoms with Crippen LogP contribution >= 0.6 is 0 Å². The molecule has 0 aliphatic heterocycles. The fraction of sp³-hybridized carbons (Fsp3) is 0.500. The first-order valence-corrected chi connectivity index (χ1v) is 6.19. The topological polar surface area (TPSA) is 58.6 Å². The van der Waals surface area contributed by atoms with Crippen LogP contribution in [0.15, 0.2) is 18.2 Å². The minimum Gasteiger partial charge on any atom is -0.506 e. The summed E-state index contributed by atoms with van der Waals surface area (Å²) in [5.41, 5.74) is 1.12. The molecule has 4 heteroatoms. The summed E-state index contributed by atoms with van der Waals surface area (Å²) >= 11 is 0. The lowest BCUT2D eigenvalue weighted by Crippen LogP contribution is -2.42. The Labute approximate surface area is 107 Å². The Morgan fingerprint density at radius 1 is 1.50 bits per heavy atom. The van der Waals surface area contributed by atoms with Crippen LogP contribution in [0.1, 0.15) is 31.2 Å². The molecular weight excluding hydrogens is 230 g/mol. The number of ether oxygens (including phenoxy) is 1. The van der Waals surface area contributed by atoms with E-state index in [0.717, 1.165) is 24.8 Å². The van der Waals surface area contributed by atoms with E-state index in [1.54, 1.807) is 19.2 Å². The maximum absolute atomic E-state index is 11.9. The standard InChI is InChI=1S/C14H19NO3/c1-10-4-5-11(12(16)8-10)15-13(17)9-14(18-2)6-3-7-14/h4-5,8,16H,3,6-7,9H2,1-2H3,(H,15,17). The molecule has 0 aromatic heterocycles. The normalized spacial score (nSPS) is 17.0. The van der Waals surface area contributed by atoms with Crippen molar-refractivity contribution in [2.45, 2.75) is 38.2 Å². The van der Waals surface area contributed by atoms with Gasteiger partial charge in [0.2, 0.25) is 5.91 Å². The Morgan fingerprint density at radius 2 is 2.22 bits per heavy atom. The second-order valence-corrected chi connectivity index (χ2v) is 4.99. The number of amides is 1. The number of methoxy groups -OCH3 is 1. The lowest BCUT2D eigenvalue weighted by Gasteiger charge is -2.39. The number of phenolic OH excluding ortho intramolecular Hbond substituents is 1. The van der Waals surface area contributed by atoms with Crippen molar-refractivity contribution in [3.05, 3.63) is 23.8 Å². The number of carbonyl (C=O) groups is 1. The van der Waals surface area contributed by atoms with Crippen molar-refractivity contribution in [1.82, 2.24) is 0 Å². The van der Waals surface area contributed by atoms with E-state index in [1.165, 1.54) is 0 Å². The Balaban J connectivity index is 1.98. The lowest BCUT2D eigenvalue weighted by atomic mass is 9.77. The summed E-state index contributed by atoms with van der Waals surface area (Å²) in [6.07, 6.45) is 3.31. The molecule has 0 heterocycles. The molecule has 0 spiro atoms. The molecule has 4 nitrogen and oxygen atoms in total. The number of anilines is 1. The average molecular weight is 249 g/mol. The maximum atomic E-state index is 11.9. The van der Waals surface area contributed by atoms with Gasteiger partial charge < -0.3 is 15.2 Å². The molecule has 1 aliphatic carbocycles. The summed E-state index contributed by atoms with van der Waals surface area (Å²) in [5.74, 6) is -0.0147. The van der Waals surface area contributed by atoms with Crippen LogP contribution in [0.2, 0.25) is 0 Å². The summed E-state index contributed by atoms with van der Waals surface area (Å²) in [6, 6.07) is 5.19. The predicted octanol–water partition coefficient (Wildman–Crippen LogP) is 2.60. The van der Waals surface area contributed by atoms with Gasteiger partial charge >= 0.3 is 0 Å². The minimum absolute atomic E-state index is 0.100. The highest BCUT2D eigenvalue weighted by Gasteiger charge is 2.39. The zero-order valence-electron chi connectivity index (χ0n) is 10.8. The van der Waals surface area contributed by atoms with Crippen LogP contribution < -0.4 is 5.32 Å². The molecule has 98 valence electrons. The monoisotopic (exact) mass is 249 g/mol. The molecule has 1 aromatic rings. The predicted molar refractivity (Wildman–Crippen MR) is 69.7 cm³/mol. The highest BCUT2D eigenvalue weighted by atomic mass is 16.5. The molecule has 1 aliphatic rings. The number of hydrogen-bond acceptors (Lipinski definition) is 3. The van der Waals surface area contributed by atoms with Crippen LogP contribution in [-0.4, -0.2) is 23.7 Å². The van der Waals surface area contributed by atoms with Crippen LogP contribution in [0.5, 0.6) is 5.75 Å². The van der Waals surface area contributed by atoms with Gasteiger partial charge in [-0.25, -0.2) is 0 Å². The summed E-state index contributed by atoms with van der Waals surface area (Å²) in [6.45, 7) is 1.89. The van der Waals surface area contributed by atoms with E-state index in [0.29, 0.717) is 12.1 Å². The smallest absolute Gasteiger partial charge is 0.227 e. The van der Waals surface area contributed by atoms with Gasteiger partial charge in [-0.3, -0.25) is 4.79 Å². The van der Waals surface area contributed by atoms with Gasteiger partial charge in [-0.1, -0.05) is 6.07 Å². The molecule has 0 atom stereocenters. The Hall–Kier alpha value is -1.55. The summed E-state index contributed by atoms with van der Waals surface area (Å²) < 4.78 is 5.41. The van der Waals surface area contributed by atoms with Crippen LogP contribution in [0, 0.1) is 6.92 Å². The Bertz CT molecular complexity index is 447. The molecule has 1 aromatic carbocycles. The molecule has 0 unspecified atom stereocenters. The van der Waals surface area contributed by atoms with E-state index in [4.69, 9.17) is 4.74 Å². The second-order valence-electron chi connectivity index (χ2n) is 4.99. The first kappa shape index (κ1) is 12.9. The van der Waals surface area contributed by atoms with Crippen LogP contribution in [0.4, 0.5) is 5.69 Å². The van der Waals surface area contributed by atoms with Crippen molar-refractivity contribution >= 4 is 11.6 Å². The minimum atomic E-state index is -0.287. The number of phenols is 1. The molecule has 0 radical (unpaired) electrons.